The van der Waals surface area contributed by atoms with Gasteiger partial charge in [-0.2, -0.15) is 0 Å². The summed E-state index contributed by atoms with van der Waals surface area (Å²) in [4.78, 5) is 38.4. The molecule has 0 spiro atoms. The number of fused-ring (bicyclic) bond motifs is 1. The number of para-hydroxylation sites is 1. The first-order chi connectivity index (χ1) is 16.6. The normalized spacial score (nSPS) is 17.6. The minimum Gasteiger partial charge on any atom is -0.467 e. The molecule has 1 saturated heterocycles. The van der Waals surface area contributed by atoms with Crippen LogP contribution in [0.15, 0.2) is 65.8 Å². The molecule has 3 heterocycles. The van der Waals surface area contributed by atoms with Gasteiger partial charge in [-0.3, -0.25) is 9.59 Å². The molecule has 2 aliphatic heterocycles. The van der Waals surface area contributed by atoms with Crippen molar-refractivity contribution < 1.29 is 18.5 Å². The molecule has 1 unspecified atom stereocenters. The second-order valence-electron chi connectivity index (χ2n) is 7.93. The molecule has 0 bridgehead atoms. The summed E-state index contributed by atoms with van der Waals surface area (Å²) in [7, 11) is -0.121. The third kappa shape index (κ3) is 4.01. The number of nitrogens with zero attached hydrogens (tertiary/aromatic N) is 5. The molecule has 2 aliphatic rings. The Hall–Kier alpha value is -3.79. The Balaban J connectivity index is 1.25. The first-order valence-electron chi connectivity index (χ1n) is 10.9. The zero-order chi connectivity index (χ0) is 23.7. The summed E-state index contributed by atoms with van der Waals surface area (Å²) in [5, 5.41) is 0. The Bertz CT molecular complexity index is 1220. The molecule has 3 aromatic rings. The molecular weight excluding hydrogens is 454 g/mol. The summed E-state index contributed by atoms with van der Waals surface area (Å²) >= 11 is 0. The Morgan fingerprint density at radius 3 is 2.29 bits per heavy atom. The molecule has 2 aromatic carbocycles. The number of carbonyl (C=O) groups excluding carboxylic acids is 2. The SMILES string of the molecule is COc1ncc(-c2ccccc2N2CCN(C(=O)CN3C(=O)c4ccccc4S3=O)CC2)cn1. The molecule has 1 fully saturated rings. The standard InChI is InChI=1S/C24H23N5O4S/c1-33-24-25-14-17(15-26-24)18-6-2-4-8-20(18)27-10-12-28(13-11-27)22(30)16-29-23(31)19-7-3-5-9-21(19)34(29)32/h2-9,14-15H,10-13,16H2,1H3. The monoisotopic (exact) mass is 477 g/mol. The van der Waals surface area contributed by atoms with E-state index in [1.165, 1.54) is 7.11 Å². The largest absolute Gasteiger partial charge is 0.467 e. The number of ether oxygens (including phenoxy) is 1. The van der Waals surface area contributed by atoms with Gasteiger partial charge >= 0.3 is 6.01 Å². The van der Waals surface area contributed by atoms with Crippen LogP contribution in [-0.2, 0) is 15.8 Å². The third-order valence-electron chi connectivity index (χ3n) is 6.01. The second kappa shape index (κ2) is 9.22. The van der Waals surface area contributed by atoms with Crippen molar-refractivity contribution >= 4 is 28.5 Å². The number of amides is 2. The molecule has 5 rings (SSSR count). The van der Waals surface area contributed by atoms with Gasteiger partial charge < -0.3 is 14.5 Å². The van der Waals surface area contributed by atoms with Crippen LogP contribution in [-0.4, -0.2) is 75.0 Å². The topological polar surface area (TPSA) is 95.9 Å². The number of benzene rings is 2. The minimum atomic E-state index is -1.65. The van der Waals surface area contributed by atoms with Crippen molar-refractivity contribution in [1.29, 1.82) is 0 Å². The smallest absolute Gasteiger partial charge is 0.316 e. The highest BCUT2D eigenvalue weighted by Gasteiger charge is 2.36. The summed E-state index contributed by atoms with van der Waals surface area (Å²) in [5.74, 6) is -0.567. The van der Waals surface area contributed by atoms with Crippen LogP contribution in [0, 0.1) is 0 Å². The molecule has 10 heteroatoms. The van der Waals surface area contributed by atoms with Gasteiger partial charge in [0.15, 0.2) is 11.0 Å². The van der Waals surface area contributed by atoms with E-state index in [9.17, 15) is 13.8 Å². The first kappa shape index (κ1) is 22.0. The zero-order valence-electron chi connectivity index (χ0n) is 18.6. The third-order valence-corrected chi connectivity index (χ3v) is 7.44. The molecule has 2 amide bonds. The number of hydrogen-bond acceptors (Lipinski definition) is 7. The Morgan fingerprint density at radius 1 is 0.971 bits per heavy atom. The maximum atomic E-state index is 12.9. The number of hydrogen-bond donors (Lipinski definition) is 0. The summed E-state index contributed by atoms with van der Waals surface area (Å²) in [6.45, 7) is 2.09. The van der Waals surface area contributed by atoms with Gasteiger partial charge in [-0.15, -0.1) is 0 Å². The van der Waals surface area contributed by atoms with Crippen LogP contribution in [0.25, 0.3) is 11.1 Å². The van der Waals surface area contributed by atoms with Crippen molar-refractivity contribution in [3.63, 3.8) is 0 Å². The van der Waals surface area contributed by atoms with E-state index in [-0.39, 0.29) is 18.4 Å². The summed E-state index contributed by atoms with van der Waals surface area (Å²) in [6.07, 6.45) is 3.46. The lowest BCUT2D eigenvalue weighted by Crippen LogP contribution is -2.51. The maximum absolute atomic E-state index is 12.9. The van der Waals surface area contributed by atoms with Crippen LogP contribution in [0.5, 0.6) is 6.01 Å². The van der Waals surface area contributed by atoms with Crippen LogP contribution in [0.4, 0.5) is 5.69 Å². The first-order valence-corrected chi connectivity index (χ1v) is 12.0. The van der Waals surface area contributed by atoms with Crippen LogP contribution >= 0.6 is 0 Å². The van der Waals surface area contributed by atoms with Crippen LogP contribution in [0.2, 0.25) is 0 Å². The molecular formula is C24H23N5O4S. The highest BCUT2D eigenvalue weighted by Crippen LogP contribution is 2.31. The Morgan fingerprint density at radius 2 is 1.62 bits per heavy atom. The molecule has 0 saturated carbocycles. The average Bonchev–Trinajstić information content (AvgIpc) is 3.14. The number of methoxy groups -OCH3 is 1. The summed E-state index contributed by atoms with van der Waals surface area (Å²) in [5.41, 5.74) is 3.32. The van der Waals surface area contributed by atoms with Crippen LogP contribution < -0.4 is 9.64 Å². The van der Waals surface area contributed by atoms with E-state index in [2.05, 4.69) is 14.9 Å². The molecule has 0 aliphatic carbocycles. The fraction of sp³-hybridized carbons (Fsp3) is 0.250. The molecule has 174 valence electrons. The Kier molecular flexibility index (Phi) is 5.97. The van der Waals surface area contributed by atoms with E-state index in [0.717, 1.165) is 21.1 Å². The van der Waals surface area contributed by atoms with Crippen molar-refractivity contribution in [2.75, 3.05) is 44.7 Å². The fourth-order valence-electron chi connectivity index (χ4n) is 4.23. The van der Waals surface area contributed by atoms with Gasteiger partial charge in [-0.25, -0.2) is 18.5 Å². The predicted molar refractivity (Wildman–Crippen MR) is 127 cm³/mol. The number of piperazine rings is 1. The number of rotatable bonds is 5. The zero-order valence-corrected chi connectivity index (χ0v) is 19.4. The lowest BCUT2D eigenvalue weighted by Gasteiger charge is -2.37. The number of carbonyl (C=O) groups is 2. The number of aromatic nitrogens is 2. The molecule has 34 heavy (non-hydrogen) atoms. The van der Waals surface area contributed by atoms with E-state index in [1.54, 1.807) is 41.6 Å². The minimum absolute atomic E-state index is 0.195. The summed E-state index contributed by atoms with van der Waals surface area (Å²) in [6, 6.07) is 15.1. The van der Waals surface area contributed by atoms with Gasteiger partial charge in [-0.05, 0) is 18.2 Å². The Labute approximate surface area is 199 Å². The molecule has 1 aromatic heterocycles. The van der Waals surface area contributed by atoms with Crippen molar-refractivity contribution in [2.24, 2.45) is 0 Å². The van der Waals surface area contributed by atoms with Crippen molar-refractivity contribution in [1.82, 2.24) is 19.2 Å². The van der Waals surface area contributed by atoms with Gasteiger partial charge in [0.25, 0.3) is 5.91 Å². The van der Waals surface area contributed by atoms with Crippen molar-refractivity contribution in [3.8, 4) is 17.1 Å². The van der Waals surface area contributed by atoms with E-state index < -0.39 is 11.0 Å². The van der Waals surface area contributed by atoms with E-state index in [1.807, 2.05) is 24.3 Å². The van der Waals surface area contributed by atoms with Crippen LogP contribution in [0.3, 0.4) is 0 Å². The van der Waals surface area contributed by atoms with Gasteiger partial charge in [0.2, 0.25) is 5.91 Å². The van der Waals surface area contributed by atoms with E-state index in [4.69, 9.17) is 4.74 Å². The van der Waals surface area contributed by atoms with E-state index >= 15 is 0 Å². The average molecular weight is 478 g/mol. The highest BCUT2D eigenvalue weighted by molar-refractivity contribution is 7.84. The maximum Gasteiger partial charge on any atom is 0.316 e. The molecule has 1 atom stereocenters. The van der Waals surface area contributed by atoms with Gasteiger partial charge in [0.1, 0.15) is 6.54 Å². The van der Waals surface area contributed by atoms with Gasteiger partial charge in [0.05, 0.1) is 17.6 Å². The fourth-order valence-corrected chi connectivity index (χ4v) is 5.48. The molecule has 0 N–H and O–H groups in total. The molecule has 0 radical (unpaired) electrons. The summed E-state index contributed by atoms with van der Waals surface area (Å²) < 4.78 is 18.9. The van der Waals surface area contributed by atoms with Gasteiger partial charge in [-0.1, -0.05) is 30.3 Å². The lowest BCUT2D eigenvalue weighted by atomic mass is 10.1. The number of anilines is 1. The second-order valence-corrected chi connectivity index (χ2v) is 9.31. The lowest BCUT2D eigenvalue weighted by molar-refractivity contribution is -0.131. The quantitative estimate of drug-likeness (QED) is 0.554. The molecule has 9 nitrogen and oxygen atoms in total. The van der Waals surface area contributed by atoms with Crippen LogP contribution in [0.1, 0.15) is 10.4 Å². The van der Waals surface area contributed by atoms with E-state index in [0.29, 0.717) is 42.6 Å². The predicted octanol–water partition coefficient (Wildman–Crippen LogP) is 1.98. The van der Waals surface area contributed by atoms with Gasteiger partial charge in [0, 0.05) is 55.4 Å². The van der Waals surface area contributed by atoms with Crippen molar-refractivity contribution in [3.05, 3.63) is 66.5 Å². The van der Waals surface area contributed by atoms with Crippen molar-refractivity contribution in [2.45, 2.75) is 4.90 Å². The highest BCUT2D eigenvalue weighted by atomic mass is 32.2.